The number of alkyl halides is 3. The number of fused-ring (bicyclic) bond motifs is 1. The van der Waals surface area contributed by atoms with Gasteiger partial charge in [0, 0.05) is 30.5 Å². The molecule has 2 unspecified atom stereocenters. The number of hydrogen-bond donors (Lipinski definition) is 3. The van der Waals surface area contributed by atoms with Crippen molar-refractivity contribution in [1.29, 1.82) is 0 Å². The lowest BCUT2D eigenvalue weighted by molar-refractivity contribution is -0.138. The minimum absolute atomic E-state index is 0.0511. The van der Waals surface area contributed by atoms with E-state index in [1.165, 1.54) is 23.0 Å². The Morgan fingerprint density at radius 3 is 2.70 bits per heavy atom. The van der Waals surface area contributed by atoms with Gasteiger partial charge in [0.05, 0.1) is 29.9 Å². The summed E-state index contributed by atoms with van der Waals surface area (Å²) < 4.78 is 58.3. The molecule has 4 N–H and O–H groups in total. The summed E-state index contributed by atoms with van der Waals surface area (Å²) in [5, 5.41) is 12.6. The largest absolute Gasteiger partial charge is 0.417 e. The molecule has 2 atom stereocenters. The number of aliphatic hydroxyl groups is 1. The summed E-state index contributed by atoms with van der Waals surface area (Å²) in [7, 11) is 0. The van der Waals surface area contributed by atoms with Crippen molar-refractivity contribution in [2.24, 2.45) is 5.73 Å². The number of nitrogens with zero attached hydrogens (tertiary/aromatic N) is 3. The van der Waals surface area contributed by atoms with Crippen molar-refractivity contribution >= 4 is 16.8 Å². The number of nitrogens with two attached hydrogens (primary N) is 1. The fourth-order valence-corrected chi connectivity index (χ4v) is 3.16. The maximum Gasteiger partial charge on any atom is 0.417 e. The molecule has 0 saturated carbocycles. The van der Waals surface area contributed by atoms with Crippen molar-refractivity contribution in [3.8, 4) is 5.82 Å². The van der Waals surface area contributed by atoms with Gasteiger partial charge in [-0.3, -0.25) is 14.3 Å². The average Bonchev–Trinajstić information content (AvgIpc) is 3.41. The fourth-order valence-electron chi connectivity index (χ4n) is 3.16. The number of amides is 1. The van der Waals surface area contributed by atoms with Crippen LogP contribution in [0.1, 0.15) is 29.4 Å². The van der Waals surface area contributed by atoms with E-state index in [4.69, 9.17) is 15.6 Å². The Kier molecular flexibility index (Phi) is 7.61. The molecule has 8 nitrogen and oxygen atoms in total. The number of primary amides is 1. The topological polar surface area (TPSA) is 115 Å². The number of hydrogen-bond acceptors (Lipinski definition) is 6. The Labute approximate surface area is 186 Å². The lowest BCUT2D eigenvalue weighted by Crippen LogP contribution is -2.21. The number of pyridine rings is 2. The monoisotopic (exact) mass is 469 g/mol. The molecule has 0 aromatic carbocycles. The lowest BCUT2D eigenvalue weighted by Gasteiger charge is -2.11. The summed E-state index contributed by atoms with van der Waals surface area (Å²) in [6.07, 6.45) is -0.305. The Balaban J connectivity index is 0.000000257. The average molecular weight is 469 g/mol. The third-order valence-corrected chi connectivity index (χ3v) is 4.79. The maximum atomic E-state index is 14.0. The number of rotatable bonds is 5. The molecule has 1 aliphatic heterocycles. The third kappa shape index (κ3) is 6.24. The van der Waals surface area contributed by atoms with Gasteiger partial charge in [0.2, 0.25) is 0 Å². The summed E-state index contributed by atoms with van der Waals surface area (Å²) >= 11 is 0. The van der Waals surface area contributed by atoms with Crippen molar-refractivity contribution < 1.29 is 32.2 Å². The van der Waals surface area contributed by atoms with Gasteiger partial charge in [-0.15, -0.1) is 0 Å². The molecule has 1 aliphatic rings. The number of aliphatic hydroxyl groups excluding tert-OH is 1. The smallest absolute Gasteiger partial charge is 0.391 e. The molecule has 0 aliphatic carbocycles. The molecule has 12 heteroatoms. The summed E-state index contributed by atoms with van der Waals surface area (Å²) in [5.74, 6) is -2.25. The first-order valence-corrected chi connectivity index (χ1v) is 10.1. The zero-order valence-corrected chi connectivity index (χ0v) is 17.6. The highest BCUT2D eigenvalue weighted by molar-refractivity contribution is 5.94. The van der Waals surface area contributed by atoms with Gasteiger partial charge in [-0.05, 0) is 38.1 Å². The number of carbonyl (C=O) groups excluding carboxylic acids is 1. The van der Waals surface area contributed by atoms with Crippen LogP contribution >= 0.6 is 0 Å². The molecular formula is C21H23F4N5O3. The predicted octanol–water partition coefficient (Wildman–Crippen LogP) is 2.42. The van der Waals surface area contributed by atoms with E-state index in [0.717, 1.165) is 19.5 Å². The SMILES string of the molecule is CC(O)COC1CCNC1.NC(=O)c1cc2c(ccn2-c2ncc(C(F)(F)F)cc2F)cn1. The van der Waals surface area contributed by atoms with Crippen LogP contribution < -0.4 is 11.1 Å². The van der Waals surface area contributed by atoms with Gasteiger partial charge < -0.3 is 20.9 Å². The molecule has 33 heavy (non-hydrogen) atoms. The van der Waals surface area contributed by atoms with Gasteiger partial charge in [-0.1, -0.05) is 0 Å². The standard InChI is InChI=1S/C14H8F4N4O.C7H15NO2/c15-9-3-8(14(16,17)18)6-21-13(9)22-2-1-7-5-20-10(12(19)23)4-11(7)22;1-6(9)5-10-7-2-3-8-4-7/h1-6H,(H2,19,23);6-9H,2-5H2,1H3. The molecule has 178 valence electrons. The maximum absolute atomic E-state index is 14.0. The molecule has 0 spiro atoms. The zero-order chi connectivity index (χ0) is 24.2. The molecule has 4 heterocycles. The van der Waals surface area contributed by atoms with Crippen LogP contribution in [-0.4, -0.2) is 57.5 Å². The van der Waals surface area contributed by atoms with Gasteiger partial charge in [-0.25, -0.2) is 9.37 Å². The molecule has 1 saturated heterocycles. The van der Waals surface area contributed by atoms with Crippen molar-refractivity contribution in [3.63, 3.8) is 0 Å². The van der Waals surface area contributed by atoms with Crippen LogP contribution in [0, 0.1) is 5.82 Å². The highest BCUT2D eigenvalue weighted by Gasteiger charge is 2.32. The van der Waals surface area contributed by atoms with E-state index >= 15 is 0 Å². The van der Waals surface area contributed by atoms with Gasteiger partial charge in [0.25, 0.3) is 5.91 Å². The van der Waals surface area contributed by atoms with E-state index in [0.29, 0.717) is 35.9 Å². The second kappa shape index (κ2) is 10.2. The Bertz CT molecular complexity index is 1110. The Hall–Kier alpha value is -3.09. The first-order valence-electron chi connectivity index (χ1n) is 10.1. The van der Waals surface area contributed by atoms with Crippen LogP contribution in [0.25, 0.3) is 16.7 Å². The molecular weight excluding hydrogens is 446 g/mol. The number of ether oxygens (including phenoxy) is 1. The summed E-state index contributed by atoms with van der Waals surface area (Å²) in [6, 6.07) is 3.24. The molecule has 0 radical (unpaired) electrons. The number of nitrogens with one attached hydrogen (secondary N) is 1. The Morgan fingerprint density at radius 2 is 2.12 bits per heavy atom. The molecule has 3 aromatic heterocycles. The van der Waals surface area contributed by atoms with E-state index in [-0.39, 0.29) is 17.6 Å². The number of halogens is 4. The van der Waals surface area contributed by atoms with E-state index < -0.39 is 23.5 Å². The predicted molar refractivity (Wildman–Crippen MR) is 111 cm³/mol. The van der Waals surface area contributed by atoms with E-state index in [1.807, 2.05) is 0 Å². The van der Waals surface area contributed by atoms with Gasteiger partial charge >= 0.3 is 6.18 Å². The van der Waals surface area contributed by atoms with Crippen LogP contribution in [-0.2, 0) is 10.9 Å². The molecule has 4 rings (SSSR count). The summed E-state index contributed by atoms with van der Waals surface area (Å²) in [5.41, 5.74) is 4.25. The minimum Gasteiger partial charge on any atom is -0.391 e. The van der Waals surface area contributed by atoms with E-state index in [2.05, 4.69) is 15.3 Å². The second-order valence-corrected chi connectivity index (χ2v) is 7.50. The van der Waals surface area contributed by atoms with Crippen molar-refractivity contribution in [3.05, 3.63) is 53.9 Å². The van der Waals surface area contributed by atoms with Crippen LogP contribution in [0.5, 0.6) is 0 Å². The van der Waals surface area contributed by atoms with Crippen LogP contribution in [0.3, 0.4) is 0 Å². The van der Waals surface area contributed by atoms with Gasteiger partial charge in [0.15, 0.2) is 11.6 Å². The van der Waals surface area contributed by atoms with E-state index in [1.54, 1.807) is 13.0 Å². The van der Waals surface area contributed by atoms with Crippen LogP contribution in [0.15, 0.2) is 36.8 Å². The first kappa shape index (κ1) is 24.6. The highest BCUT2D eigenvalue weighted by Crippen LogP contribution is 2.30. The second-order valence-electron chi connectivity index (χ2n) is 7.50. The Morgan fingerprint density at radius 1 is 1.36 bits per heavy atom. The van der Waals surface area contributed by atoms with Gasteiger partial charge in [0.1, 0.15) is 5.69 Å². The molecule has 3 aromatic rings. The van der Waals surface area contributed by atoms with Crippen molar-refractivity contribution in [2.45, 2.75) is 31.7 Å². The highest BCUT2D eigenvalue weighted by atomic mass is 19.4. The third-order valence-electron chi connectivity index (χ3n) is 4.79. The minimum atomic E-state index is -4.69. The van der Waals surface area contributed by atoms with Crippen LogP contribution in [0.4, 0.5) is 17.6 Å². The summed E-state index contributed by atoms with van der Waals surface area (Å²) in [4.78, 5) is 18.5. The number of carbonyl (C=O) groups is 1. The van der Waals surface area contributed by atoms with Crippen molar-refractivity contribution in [1.82, 2.24) is 19.9 Å². The molecule has 0 bridgehead atoms. The zero-order valence-electron chi connectivity index (χ0n) is 17.6. The lowest BCUT2D eigenvalue weighted by atomic mass is 10.2. The molecule has 1 amide bonds. The van der Waals surface area contributed by atoms with Crippen LogP contribution in [0.2, 0.25) is 0 Å². The van der Waals surface area contributed by atoms with E-state index in [9.17, 15) is 22.4 Å². The quantitative estimate of drug-likeness (QED) is 0.495. The number of aromatic nitrogens is 3. The van der Waals surface area contributed by atoms with Gasteiger partial charge in [-0.2, -0.15) is 13.2 Å². The summed E-state index contributed by atoms with van der Waals surface area (Å²) in [6.45, 7) is 4.19. The normalized spacial score (nSPS) is 17.0. The molecule has 1 fully saturated rings. The first-order chi connectivity index (χ1) is 15.6. The fraction of sp³-hybridized carbons (Fsp3) is 0.381. The van der Waals surface area contributed by atoms with Crippen molar-refractivity contribution in [2.75, 3.05) is 19.7 Å².